The molecule has 21 heavy (non-hydrogen) atoms. The van der Waals surface area contributed by atoms with Crippen molar-refractivity contribution in [3.63, 3.8) is 0 Å². The van der Waals surface area contributed by atoms with Crippen LogP contribution in [-0.4, -0.2) is 20.3 Å². The number of anilines is 1. The van der Waals surface area contributed by atoms with E-state index in [1.165, 1.54) is 0 Å². The van der Waals surface area contributed by atoms with E-state index in [0.29, 0.717) is 19.8 Å². The third-order valence-corrected chi connectivity index (χ3v) is 3.03. The molecule has 0 aliphatic heterocycles. The van der Waals surface area contributed by atoms with Crippen molar-refractivity contribution in [1.82, 2.24) is 0 Å². The van der Waals surface area contributed by atoms with Crippen LogP contribution < -0.4 is 15.2 Å². The monoisotopic (exact) mass is 287 g/mol. The van der Waals surface area contributed by atoms with Crippen LogP contribution in [0.5, 0.6) is 11.5 Å². The van der Waals surface area contributed by atoms with E-state index in [9.17, 15) is 0 Å². The summed E-state index contributed by atoms with van der Waals surface area (Å²) in [5.41, 5.74) is 7.41. The SMILES string of the molecule is COc1ccccc1COCCCOc1ccc(N)cc1. The molecule has 0 amide bonds. The van der Waals surface area contributed by atoms with Crippen molar-refractivity contribution in [3.05, 3.63) is 54.1 Å². The van der Waals surface area contributed by atoms with Crippen molar-refractivity contribution in [1.29, 1.82) is 0 Å². The first-order chi connectivity index (χ1) is 10.3. The van der Waals surface area contributed by atoms with Gasteiger partial charge in [0.1, 0.15) is 11.5 Å². The normalized spacial score (nSPS) is 10.3. The van der Waals surface area contributed by atoms with Crippen LogP contribution in [0, 0.1) is 0 Å². The molecule has 4 nitrogen and oxygen atoms in total. The Morgan fingerprint density at radius 1 is 0.952 bits per heavy atom. The number of hydrogen-bond acceptors (Lipinski definition) is 4. The summed E-state index contributed by atoms with van der Waals surface area (Å²) in [6.07, 6.45) is 0.833. The highest BCUT2D eigenvalue weighted by Crippen LogP contribution is 2.18. The van der Waals surface area contributed by atoms with Gasteiger partial charge in [-0.3, -0.25) is 0 Å². The highest BCUT2D eigenvalue weighted by molar-refractivity contribution is 5.41. The molecule has 0 spiro atoms. The smallest absolute Gasteiger partial charge is 0.124 e. The van der Waals surface area contributed by atoms with Gasteiger partial charge < -0.3 is 19.9 Å². The van der Waals surface area contributed by atoms with E-state index < -0.39 is 0 Å². The third-order valence-electron chi connectivity index (χ3n) is 3.03. The number of ether oxygens (including phenoxy) is 3. The Balaban J connectivity index is 1.63. The topological polar surface area (TPSA) is 53.7 Å². The van der Waals surface area contributed by atoms with E-state index in [2.05, 4.69) is 0 Å². The van der Waals surface area contributed by atoms with Crippen LogP contribution in [0.15, 0.2) is 48.5 Å². The lowest BCUT2D eigenvalue weighted by atomic mass is 10.2. The van der Waals surface area contributed by atoms with Crippen LogP contribution in [0.4, 0.5) is 5.69 Å². The second-order valence-electron chi connectivity index (χ2n) is 4.64. The predicted molar refractivity (Wildman–Crippen MR) is 83.6 cm³/mol. The molecule has 0 heterocycles. The molecule has 2 rings (SSSR count). The van der Waals surface area contributed by atoms with Gasteiger partial charge in [0.2, 0.25) is 0 Å². The van der Waals surface area contributed by atoms with Gasteiger partial charge in [-0.25, -0.2) is 0 Å². The van der Waals surface area contributed by atoms with Crippen molar-refractivity contribution in [2.75, 3.05) is 26.1 Å². The summed E-state index contributed by atoms with van der Waals surface area (Å²) in [6, 6.07) is 15.2. The molecular weight excluding hydrogens is 266 g/mol. The lowest BCUT2D eigenvalue weighted by molar-refractivity contribution is 0.105. The maximum atomic E-state index is 5.64. The van der Waals surface area contributed by atoms with Gasteiger partial charge in [-0.15, -0.1) is 0 Å². The molecule has 0 aliphatic rings. The Hall–Kier alpha value is -2.20. The second kappa shape index (κ2) is 8.17. The molecule has 2 aromatic carbocycles. The zero-order chi connectivity index (χ0) is 14.9. The summed E-state index contributed by atoms with van der Waals surface area (Å²) in [7, 11) is 1.67. The molecule has 112 valence electrons. The van der Waals surface area contributed by atoms with Crippen molar-refractivity contribution >= 4 is 5.69 Å². The molecule has 0 fully saturated rings. The fourth-order valence-corrected chi connectivity index (χ4v) is 1.92. The van der Waals surface area contributed by atoms with E-state index >= 15 is 0 Å². The van der Waals surface area contributed by atoms with Crippen LogP contribution >= 0.6 is 0 Å². The van der Waals surface area contributed by atoms with E-state index in [4.69, 9.17) is 19.9 Å². The number of benzene rings is 2. The Labute approximate surface area is 125 Å². The maximum absolute atomic E-state index is 5.64. The van der Waals surface area contributed by atoms with E-state index in [1.807, 2.05) is 48.5 Å². The molecule has 0 saturated heterocycles. The lowest BCUT2D eigenvalue weighted by Gasteiger charge is -2.09. The molecular formula is C17H21NO3. The van der Waals surface area contributed by atoms with Gasteiger partial charge in [0.15, 0.2) is 0 Å². The predicted octanol–water partition coefficient (Wildman–Crippen LogP) is 3.26. The van der Waals surface area contributed by atoms with E-state index in [0.717, 1.165) is 29.2 Å². The van der Waals surface area contributed by atoms with Crippen molar-refractivity contribution in [2.24, 2.45) is 0 Å². The van der Waals surface area contributed by atoms with Gasteiger partial charge >= 0.3 is 0 Å². The Morgan fingerprint density at radius 3 is 2.48 bits per heavy atom. The number of rotatable bonds is 8. The molecule has 2 aromatic rings. The minimum Gasteiger partial charge on any atom is -0.496 e. The number of nitrogen functional groups attached to an aromatic ring is 1. The summed E-state index contributed by atoms with van der Waals surface area (Å²) in [5.74, 6) is 1.68. The fourth-order valence-electron chi connectivity index (χ4n) is 1.92. The number of para-hydroxylation sites is 1. The maximum Gasteiger partial charge on any atom is 0.124 e. The molecule has 0 unspecified atom stereocenters. The molecule has 2 N–H and O–H groups in total. The molecule has 0 aliphatic carbocycles. The van der Waals surface area contributed by atoms with Gasteiger partial charge in [-0.05, 0) is 30.3 Å². The van der Waals surface area contributed by atoms with Gasteiger partial charge in [-0.1, -0.05) is 18.2 Å². The van der Waals surface area contributed by atoms with Gasteiger partial charge in [0.25, 0.3) is 0 Å². The largest absolute Gasteiger partial charge is 0.496 e. The Bertz CT molecular complexity index is 540. The Morgan fingerprint density at radius 2 is 1.71 bits per heavy atom. The van der Waals surface area contributed by atoms with Crippen LogP contribution in [0.1, 0.15) is 12.0 Å². The van der Waals surface area contributed by atoms with Crippen LogP contribution in [-0.2, 0) is 11.3 Å². The highest BCUT2D eigenvalue weighted by atomic mass is 16.5. The van der Waals surface area contributed by atoms with Crippen molar-refractivity contribution in [3.8, 4) is 11.5 Å². The molecule has 0 aromatic heterocycles. The third kappa shape index (κ3) is 5.00. The quantitative estimate of drug-likeness (QED) is 0.598. The second-order valence-corrected chi connectivity index (χ2v) is 4.64. The molecule has 0 atom stereocenters. The zero-order valence-corrected chi connectivity index (χ0v) is 12.2. The van der Waals surface area contributed by atoms with Gasteiger partial charge in [0.05, 0.1) is 26.9 Å². The van der Waals surface area contributed by atoms with Gasteiger partial charge in [0, 0.05) is 17.7 Å². The zero-order valence-electron chi connectivity index (χ0n) is 12.2. The van der Waals surface area contributed by atoms with Crippen molar-refractivity contribution < 1.29 is 14.2 Å². The number of nitrogens with two attached hydrogens (primary N) is 1. The van der Waals surface area contributed by atoms with Crippen molar-refractivity contribution in [2.45, 2.75) is 13.0 Å². The summed E-state index contributed by atoms with van der Waals surface area (Å²) in [6.45, 7) is 1.81. The average Bonchev–Trinajstić information content (AvgIpc) is 2.53. The summed E-state index contributed by atoms with van der Waals surface area (Å²) in [4.78, 5) is 0. The number of methoxy groups -OCH3 is 1. The summed E-state index contributed by atoms with van der Waals surface area (Å²) < 4.78 is 16.5. The molecule has 0 radical (unpaired) electrons. The molecule has 0 bridgehead atoms. The average molecular weight is 287 g/mol. The highest BCUT2D eigenvalue weighted by Gasteiger charge is 2.01. The summed E-state index contributed by atoms with van der Waals surface area (Å²) in [5, 5.41) is 0. The first-order valence-electron chi connectivity index (χ1n) is 6.97. The first kappa shape index (κ1) is 15.2. The van der Waals surface area contributed by atoms with Crippen LogP contribution in [0.3, 0.4) is 0 Å². The standard InChI is InChI=1S/C17H21NO3/c1-19-17-6-3-2-5-14(17)13-20-11-4-12-21-16-9-7-15(18)8-10-16/h2-3,5-10H,4,11-13,18H2,1H3. The van der Waals surface area contributed by atoms with Gasteiger partial charge in [-0.2, -0.15) is 0 Å². The molecule has 0 saturated carbocycles. The summed E-state index contributed by atoms with van der Waals surface area (Å²) >= 11 is 0. The van der Waals surface area contributed by atoms with Crippen LogP contribution in [0.25, 0.3) is 0 Å². The molecule has 4 heteroatoms. The minimum atomic E-state index is 0.548. The minimum absolute atomic E-state index is 0.548. The van der Waals surface area contributed by atoms with Crippen LogP contribution in [0.2, 0.25) is 0 Å². The lowest BCUT2D eigenvalue weighted by Crippen LogP contribution is -2.04. The fraction of sp³-hybridized carbons (Fsp3) is 0.294. The van der Waals surface area contributed by atoms with E-state index in [1.54, 1.807) is 7.11 Å². The van der Waals surface area contributed by atoms with E-state index in [-0.39, 0.29) is 0 Å². The first-order valence-corrected chi connectivity index (χ1v) is 6.97. The Kier molecular flexibility index (Phi) is 5.91. The number of hydrogen-bond donors (Lipinski definition) is 1.